The number of amides is 2. The molecule has 1 aliphatic heterocycles. The van der Waals surface area contributed by atoms with E-state index < -0.39 is 0 Å². The van der Waals surface area contributed by atoms with E-state index >= 15 is 0 Å². The minimum absolute atomic E-state index is 0.239. The van der Waals surface area contributed by atoms with Crippen LogP contribution in [0.2, 0.25) is 0 Å². The SMILES string of the molecule is Cc1cccc(COc2c(I)cc(/C=C3\SC(=O)N(Cc4ccccc4C)C3=O)cc2I)c1. The summed E-state index contributed by atoms with van der Waals surface area (Å²) >= 11 is 5.49. The average molecular weight is 681 g/mol. The summed E-state index contributed by atoms with van der Waals surface area (Å²) in [5.41, 5.74) is 5.22. The summed E-state index contributed by atoms with van der Waals surface area (Å²) in [6.45, 7) is 4.82. The van der Waals surface area contributed by atoms with Gasteiger partial charge in [-0.3, -0.25) is 14.5 Å². The molecular formula is C26H21I2NO3S. The summed E-state index contributed by atoms with van der Waals surface area (Å²) in [6.07, 6.45) is 1.79. The Balaban J connectivity index is 1.51. The van der Waals surface area contributed by atoms with Crippen molar-refractivity contribution in [2.45, 2.75) is 27.0 Å². The third-order valence-corrected chi connectivity index (χ3v) is 7.76. The number of carbonyl (C=O) groups is 2. The molecule has 0 saturated carbocycles. The molecule has 0 N–H and O–H groups in total. The van der Waals surface area contributed by atoms with E-state index in [1.807, 2.05) is 55.5 Å². The van der Waals surface area contributed by atoms with Crippen molar-refractivity contribution in [3.8, 4) is 5.75 Å². The second-order valence-corrected chi connectivity index (χ2v) is 11.1. The van der Waals surface area contributed by atoms with E-state index in [-0.39, 0.29) is 17.7 Å². The third kappa shape index (κ3) is 5.81. The van der Waals surface area contributed by atoms with Crippen LogP contribution in [0.3, 0.4) is 0 Å². The number of aryl methyl sites for hydroxylation is 2. The monoisotopic (exact) mass is 681 g/mol. The Bertz CT molecular complexity index is 1250. The molecule has 33 heavy (non-hydrogen) atoms. The lowest BCUT2D eigenvalue weighted by Gasteiger charge is -2.14. The highest BCUT2D eigenvalue weighted by molar-refractivity contribution is 14.1. The second kappa shape index (κ2) is 10.6. The van der Waals surface area contributed by atoms with Crippen LogP contribution in [0.25, 0.3) is 6.08 Å². The summed E-state index contributed by atoms with van der Waals surface area (Å²) in [4.78, 5) is 27.2. The van der Waals surface area contributed by atoms with Gasteiger partial charge in [-0.05, 0) is 111 Å². The van der Waals surface area contributed by atoms with Gasteiger partial charge in [0.05, 0.1) is 18.6 Å². The number of benzene rings is 3. The molecule has 168 valence electrons. The van der Waals surface area contributed by atoms with Crippen LogP contribution >= 0.6 is 56.9 Å². The first-order chi connectivity index (χ1) is 15.8. The van der Waals surface area contributed by atoms with Gasteiger partial charge in [0.25, 0.3) is 11.1 Å². The summed E-state index contributed by atoms with van der Waals surface area (Å²) < 4.78 is 8.01. The normalized spacial score (nSPS) is 14.9. The Hall–Kier alpha value is -1.85. The minimum atomic E-state index is -0.252. The molecule has 0 unspecified atom stereocenters. The molecule has 3 aromatic carbocycles. The van der Waals surface area contributed by atoms with Crippen LogP contribution in [0.1, 0.15) is 27.8 Å². The highest BCUT2D eigenvalue weighted by atomic mass is 127. The minimum Gasteiger partial charge on any atom is -0.487 e. The molecule has 2 amide bonds. The Morgan fingerprint density at radius 2 is 1.70 bits per heavy atom. The van der Waals surface area contributed by atoms with E-state index in [0.29, 0.717) is 11.5 Å². The highest BCUT2D eigenvalue weighted by Gasteiger charge is 2.35. The van der Waals surface area contributed by atoms with Crippen molar-refractivity contribution in [2.75, 3.05) is 0 Å². The number of rotatable bonds is 6. The summed E-state index contributed by atoms with van der Waals surface area (Å²) in [6, 6.07) is 20.0. The maximum absolute atomic E-state index is 12.9. The molecule has 1 saturated heterocycles. The number of nitrogens with zero attached hydrogens (tertiary/aromatic N) is 1. The summed E-state index contributed by atoms with van der Waals surface area (Å²) in [5, 5.41) is -0.239. The zero-order valence-corrected chi connectivity index (χ0v) is 23.2. The predicted octanol–water partition coefficient (Wildman–Crippen LogP) is 7.33. The Morgan fingerprint density at radius 3 is 2.39 bits per heavy atom. The lowest BCUT2D eigenvalue weighted by molar-refractivity contribution is -0.123. The van der Waals surface area contributed by atoms with Crippen LogP contribution in [0, 0.1) is 21.0 Å². The molecule has 1 heterocycles. The maximum atomic E-state index is 12.9. The molecule has 0 atom stereocenters. The first-order valence-electron chi connectivity index (χ1n) is 10.3. The topological polar surface area (TPSA) is 46.6 Å². The maximum Gasteiger partial charge on any atom is 0.293 e. The average Bonchev–Trinajstić information content (AvgIpc) is 3.02. The smallest absolute Gasteiger partial charge is 0.293 e. The van der Waals surface area contributed by atoms with Crippen LogP contribution in [0.15, 0.2) is 65.6 Å². The van der Waals surface area contributed by atoms with Crippen molar-refractivity contribution in [2.24, 2.45) is 0 Å². The van der Waals surface area contributed by atoms with Crippen molar-refractivity contribution >= 4 is 74.2 Å². The van der Waals surface area contributed by atoms with Gasteiger partial charge in [0, 0.05) is 0 Å². The van der Waals surface area contributed by atoms with E-state index in [1.54, 1.807) is 6.08 Å². The van der Waals surface area contributed by atoms with E-state index in [4.69, 9.17) is 4.74 Å². The Kier molecular flexibility index (Phi) is 7.80. The molecule has 3 aromatic rings. The van der Waals surface area contributed by atoms with Gasteiger partial charge in [0.2, 0.25) is 0 Å². The van der Waals surface area contributed by atoms with Crippen LogP contribution in [0.5, 0.6) is 5.75 Å². The first-order valence-corrected chi connectivity index (χ1v) is 13.3. The Labute approximate surface area is 225 Å². The molecule has 0 radical (unpaired) electrons. The van der Waals surface area contributed by atoms with Crippen LogP contribution in [-0.4, -0.2) is 16.0 Å². The van der Waals surface area contributed by atoms with E-state index in [0.717, 1.165) is 46.9 Å². The second-order valence-electron chi connectivity index (χ2n) is 7.79. The molecule has 4 nitrogen and oxygen atoms in total. The van der Waals surface area contributed by atoms with Crippen molar-refractivity contribution in [1.82, 2.24) is 4.90 Å². The van der Waals surface area contributed by atoms with Crippen LogP contribution in [0.4, 0.5) is 4.79 Å². The van der Waals surface area contributed by atoms with Gasteiger partial charge in [0.1, 0.15) is 12.4 Å². The summed E-state index contributed by atoms with van der Waals surface area (Å²) in [5.74, 6) is 0.570. The quantitative estimate of drug-likeness (QED) is 0.202. The van der Waals surface area contributed by atoms with Crippen LogP contribution in [-0.2, 0) is 17.9 Å². The van der Waals surface area contributed by atoms with Gasteiger partial charge < -0.3 is 4.74 Å². The molecule has 0 aromatic heterocycles. The third-order valence-electron chi connectivity index (χ3n) is 5.25. The van der Waals surface area contributed by atoms with E-state index in [2.05, 4.69) is 64.2 Å². The standard InChI is InChI=1S/C26H21I2NO3S/c1-16-6-5-8-18(10-16)15-32-24-21(27)11-19(12-22(24)28)13-23-25(30)29(26(31)33-23)14-20-9-4-3-7-17(20)2/h3-13H,14-15H2,1-2H3/b23-13-. The fraction of sp³-hybridized carbons (Fsp3) is 0.154. The predicted molar refractivity (Wildman–Crippen MR) is 150 cm³/mol. The molecule has 7 heteroatoms. The number of imide groups is 1. The van der Waals surface area contributed by atoms with Crippen molar-refractivity contribution < 1.29 is 14.3 Å². The van der Waals surface area contributed by atoms with Gasteiger partial charge >= 0.3 is 0 Å². The lowest BCUT2D eigenvalue weighted by Crippen LogP contribution is -2.27. The van der Waals surface area contributed by atoms with Crippen molar-refractivity contribution in [1.29, 1.82) is 0 Å². The number of halogens is 2. The largest absolute Gasteiger partial charge is 0.487 e. The molecule has 1 aliphatic rings. The zero-order chi connectivity index (χ0) is 23.5. The highest BCUT2D eigenvalue weighted by Crippen LogP contribution is 2.36. The number of thioether (sulfide) groups is 1. The Morgan fingerprint density at radius 1 is 0.970 bits per heavy atom. The van der Waals surface area contributed by atoms with Crippen molar-refractivity contribution in [3.63, 3.8) is 0 Å². The van der Waals surface area contributed by atoms with Crippen LogP contribution < -0.4 is 4.74 Å². The molecule has 0 bridgehead atoms. The van der Waals surface area contributed by atoms with Crippen molar-refractivity contribution in [3.05, 3.63) is 101 Å². The molecular weight excluding hydrogens is 660 g/mol. The summed E-state index contributed by atoms with van der Waals surface area (Å²) in [7, 11) is 0. The van der Waals surface area contributed by atoms with Gasteiger partial charge in [-0.25, -0.2) is 0 Å². The molecule has 0 aliphatic carbocycles. The van der Waals surface area contributed by atoms with E-state index in [1.165, 1.54) is 10.5 Å². The number of hydrogen-bond acceptors (Lipinski definition) is 4. The zero-order valence-electron chi connectivity index (χ0n) is 18.1. The van der Waals surface area contributed by atoms with Gasteiger partial charge in [0.15, 0.2) is 0 Å². The number of ether oxygens (including phenoxy) is 1. The molecule has 1 fully saturated rings. The van der Waals surface area contributed by atoms with Gasteiger partial charge in [-0.15, -0.1) is 0 Å². The lowest BCUT2D eigenvalue weighted by atomic mass is 10.1. The first kappa shape index (κ1) is 24.3. The van der Waals surface area contributed by atoms with Gasteiger partial charge in [-0.1, -0.05) is 54.1 Å². The number of carbonyl (C=O) groups excluding carboxylic acids is 2. The fourth-order valence-corrected chi connectivity index (χ4v) is 6.47. The molecule has 0 spiro atoms. The molecule has 4 rings (SSSR count). The van der Waals surface area contributed by atoms with Gasteiger partial charge in [-0.2, -0.15) is 0 Å². The number of hydrogen-bond donors (Lipinski definition) is 0. The fourth-order valence-electron chi connectivity index (χ4n) is 3.50. The van der Waals surface area contributed by atoms with E-state index in [9.17, 15) is 9.59 Å².